The molecule has 0 radical (unpaired) electrons. The molecule has 1 N–H and O–H groups in total. The number of aromatic nitrogens is 2. The van der Waals surface area contributed by atoms with Crippen LogP contribution in [0.4, 0.5) is 5.69 Å². The highest BCUT2D eigenvalue weighted by Crippen LogP contribution is 2.24. The lowest BCUT2D eigenvalue weighted by molar-refractivity contribution is 0.0907. The lowest BCUT2D eigenvalue weighted by Crippen LogP contribution is -2.42. The number of rotatable bonds is 4. The second-order valence-electron chi connectivity index (χ2n) is 7.70. The molecule has 6 nitrogen and oxygen atoms in total. The van der Waals surface area contributed by atoms with Crippen LogP contribution in [0.25, 0.3) is 0 Å². The van der Waals surface area contributed by atoms with Crippen LogP contribution in [0.2, 0.25) is 0 Å². The maximum absolute atomic E-state index is 12.6. The third-order valence-electron chi connectivity index (χ3n) is 3.68. The van der Waals surface area contributed by atoms with E-state index in [1.54, 1.807) is 6.07 Å². The van der Waals surface area contributed by atoms with Crippen LogP contribution in [0.5, 0.6) is 0 Å². The molecule has 130 valence electrons. The number of benzene rings is 1. The Morgan fingerprint density at radius 3 is 2.38 bits per heavy atom. The summed E-state index contributed by atoms with van der Waals surface area (Å²) in [7, 11) is 3.88. The van der Waals surface area contributed by atoms with Crippen molar-refractivity contribution in [3.63, 3.8) is 0 Å². The van der Waals surface area contributed by atoms with E-state index in [-0.39, 0.29) is 11.3 Å². The van der Waals surface area contributed by atoms with Gasteiger partial charge in [-0.25, -0.2) is 0 Å². The lowest BCUT2D eigenvalue weighted by atomic mass is 9.96. The maximum Gasteiger partial charge on any atom is 0.252 e. The van der Waals surface area contributed by atoms with Crippen molar-refractivity contribution >= 4 is 11.6 Å². The summed E-state index contributed by atoms with van der Waals surface area (Å²) in [6, 6.07) is 7.46. The number of hydrogen-bond donors (Lipinski definition) is 1. The van der Waals surface area contributed by atoms with Crippen LogP contribution in [-0.2, 0) is 11.0 Å². The van der Waals surface area contributed by atoms with E-state index < -0.39 is 5.54 Å². The van der Waals surface area contributed by atoms with Crippen LogP contribution in [0.1, 0.15) is 56.7 Å². The molecule has 0 saturated carbocycles. The van der Waals surface area contributed by atoms with E-state index in [0.717, 1.165) is 5.69 Å². The molecule has 0 aliphatic carbocycles. The quantitative estimate of drug-likeness (QED) is 0.932. The molecular formula is C18H26N4O2. The summed E-state index contributed by atoms with van der Waals surface area (Å²) in [6.07, 6.45) is 0. The van der Waals surface area contributed by atoms with E-state index in [0.29, 0.717) is 17.3 Å². The van der Waals surface area contributed by atoms with Gasteiger partial charge in [0.1, 0.15) is 0 Å². The van der Waals surface area contributed by atoms with Crippen molar-refractivity contribution in [2.24, 2.45) is 0 Å². The van der Waals surface area contributed by atoms with Crippen LogP contribution in [0.3, 0.4) is 0 Å². The van der Waals surface area contributed by atoms with Gasteiger partial charge < -0.3 is 14.7 Å². The van der Waals surface area contributed by atoms with Gasteiger partial charge in [-0.3, -0.25) is 4.79 Å². The van der Waals surface area contributed by atoms with Crippen molar-refractivity contribution < 1.29 is 9.32 Å². The summed E-state index contributed by atoms with van der Waals surface area (Å²) >= 11 is 0. The monoisotopic (exact) mass is 330 g/mol. The highest BCUT2D eigenvalue weighted by Gasteiger charge is 2.31. The Morgan fingerprint density at radius 1 is 1.17 bits per heavy atom. The SMILES string of the molecule is CN(C)c1cccc(C(=O)NC(C)(C)c2noc(C(C)(C)C)n2)c1. The Kier molecular flexibility index (Phi) is 4.69. The van der Waals surface area contributed by atoms with E-state index in [1.165, 1.54) is 0 Å². The molecular weight excluding hydrogens is 304 g/mol. The van der Waals surface area contributed by atoms with Gasteiger partial charge in [-0.1, -0.05) is 32.0 Å². The molecule has 0 atom stereocenters. The van der Waals surface area contributed by atoms with E-state index in [1.807, 2.05) is 71.8 Å². The van der Waals surface area contributed by atoms with E-state index >= 15 is 0 Å². The number of carbonyl (C=O) groups is 1. The molecule has 6 heteroatoms. The van der Waals surface area contributed by atoms with Gasteiger partial charge in [0.05, 0.1) is 5.54 Å². The predicted octanol–water partition coefficient (Wildman–Crippen LogP) is 3.10. The van der Waals surface area contributed by atoms with Crippen molar-refractivity contribution in [3.8, 4) is 0 Å². The molecule has 0 aliphatic heterocycles. The van der Waals surface area contributed by atoms with E-state index in [9.17, 15) is 4.79 Å². The number of amides is 1. The molecule has 1 amide bonds. The highest BCUT2D eigenvalue weighted by atomic mass is 16.5. The maximum atomic E-state index is 12.6. The van der Waals surface area contributed by atoms with Crippen LogP contribution < -0.4 is 10.2 Å². The summed E-state index contributed by atoms with van der Waals surface area (Å²) in [6.45, 7) is 9.73. The van der Waals surface area contributed by atoms with Gasteiger partial charge in [-0.2, -0.15) is 4.98 Å². The molecule has 0 spiro atoms. The van der Waals surface area contributed by atoms with Gasteiger partial charge in [0.15, 0.2) is 5.82 Å². The first-order chi connectivity index (χ1) is 11.0. The minimum atomic E-state index is -0.738. The minimum absolute atomic E-state index is 0.175. The third kappa shape index (κ3) is 3.93. The Bertz CT molecular complexity index is 727. The van der Waals surface area contributed by atoms with Crippen LogP contribution in [0.15, 0.2) is 28.8 Å². The topological polar surface area (TPSA) is 71.3 Å². The van der Waals surface area contributed by atoms with Crippen LogP contribution >= 0.6 is 0 Å². The molecule has 24 heavy (non-hydrogen) atoms. The van der Waals surface area contributed by atoms with Crippen molar-refractivity contribution in [3.05, 3.63) is 41.5 Å². The van der Waals surface area contributed by atoms with Gasteiger partial charge in [-0.05, 0) is 32.0 Å². The molecule has 2 aromatic rings. The summed E-state index contributed by atoms with van der Waals surface area (Å²) in [5, 5.41) is 7.02. The second kappa shape index (κ2) is 6.26. The fourth-order valence-electron chi connectivity index (χ4n) is 2.12. The second-order valence-corrected chi connectivity index (χ2v) is 7.70. The first-order valence-corrected chi connectivity index (χ1v) is 7.95. The molecule has 1 aromatic heterocycles. The van der Waals surface area contributed by atoms with Gasteiger partial charge in [0.2, 0.25) is 5.89 Å². The molecule has 1 aromatic carbocycles. The molecule has 0 bridgehead atoms. The smallest absolute Gasteiger partial charge is 0.252 e. The fourth-order valence-corrected chi connectivity index (χ4v) is 2.12. The average Bonchev–Trinajstić information content (AvgIpc) is 2.97. The lowest BCUT2D eigenvalue weighted by Gasteiger charge is -2.23. The molecule has 2 rings (SSSR count). The first kappa shape index (κ1) is 18.0. The van der Waals surface area contributed by atoms with E-state index in [2.05, 4.69) is 15.5 Å². The Balaban J connectivity index is 2.21. The summed E-state index contributed by atoms with van der Waals surface area (Å²) in [5.41, 5.74) is 0.590. The number of nitrogens with one attached hydrogen (secondary N) is 1. The zero-order valence-corrected chi connectivity index (χ0v) is 15.5. The number of nitrogens with zero attached hydrogens (tertiary/aromatic N) is 3. The van der Waals surface area contributed by atoms with Crippen molar-refractivity contribution in [1.29, 1.82) is 0 Å². The molecule has 0 fully saturated rings. The predicted molar refractivity (Wildman–Crippen MR) is 94.3 cm³/mol. The third-order valence-corrected chi connectivity index (χ3v) is 3.68. The summed E-state index contributed by atoms with van der Waals surface area (Å²) < 4.78 is 5.33. The van der Waals surface area contributed by atoms with Crippen LogP contribution in [-0.4, -0.2) is 30.1 Å². The number of hydrogen-bond acceptors (Lipinski definition) is 5. The van der Waals surface area contributed by atoms with Crippen LogP contribution in [0, 0.1) is 0 Å². The van der Waals surface area contributed by atoms with Crippen molar-refractivity contribution in [2.75, 3.05) is 19.0 Å². The van der Waals surface area contributed by atoms with Gasteiger partial charge in [0.25, 0.3) is 5.91 Å². The first-order valence-electron chi connectivity index (χ1n) is 7.95. The largest absolute Gasteiger partial charge is 0.378 e. The van der Waals surface area contributed by atoms with E-state index in [4.69, 9.17) is 4.52 Å². The Morgan fingerprint density at radius 2 is 1.83 bits per heavy atom. The zero-order chi connectivity index (χ0) is 18.1. The summed E-state index contributed by atoms with van der Waals surface area (Å²) in [5.74, 6) is 0.838. The van der Waals surface area contributed by atoms with Gasteiger partial charge in [-0.15, -0.1) is 0 Å². The Hall–Kier alpha value is -2.37. The standard InChI is InChI=1S/C18H26N4O2/c1-17(2,3)16-19-15(21-24-16)18(4,5)20-14(23)12-9-8-10-13(11-12)22(6)7/h8-11H,1-7H3,(H,20,23). The van der Waals surface area contributed by atoms with Crippen molar-refractivity contribution in [2.45, 2.75) is 45.6 Å². The van der Waals surface area contributed by atoms with Gasteiger partial charge >= 0.3 is 0 Å². The molecule has 0 saturated heterocycles. The van der Waals surface area contributed by atoms with Gasteiger partial charge in [0, 0.05) is 30.8 Å². The molecule has 0 unspecified atom stereocenters. The highest BCUT2D eigenvalue weighted by molar-refractivity contribution is 5.95. The zero-order valence-electron chi connectivity index (χ0n) is 15.5. The Labute approximate surface area is 143 Å². The average molecular weight is 330 g/mol. The number of anilines is 1. The molecule has 1 heterocycles. The number of carbonyl (C=O) groups excluding carboxylic acids is 1. The summed E-state index contributed by atoms with van der Waals surface area (Å²) in [4.78, 5) is 19.0. The minimum Gasteiger partial charge on any atom is -0.378 e. The molecule has 0 aliphatic rings. The normalized spacial score (nSPS) is 12.1. The fraction of sp³-hybridized carbons (Fsp3) is 0.500. The van der Waals surface area contributed by atoms with Crippen molar-refractivity contribution in [1.82, 2.24) is 15.5 Å².